The summed E-state index contributed by atoms with van der Waals surface area (Å²) in [6, 6.07) is 0. The monoisotopic (exact) mass is 184 g/mol. The summed E-state index contributed by atoms with van der Waals surface area (Å²) in [7, 11) is 1.96. The first-order chi connectivity index (χ1) is 6.22. The standard InChI is InChI=1S/C11H24N2/c1-3-10-5-4-6-11(9-10)7-8-13(2)12/h10-11H,3-9,12H2,1-2H3/t10-,11-/m0/s1. The Labute approximate surface area is 82.5 Å². The van der Waals surface area contributed by atoms with E-state index in [2.05, 4.69) is 6.92 Å². The molecule has 2 heteroatoms. The molecule has 2 nitrogen and oxygen atoms in total. The fourth-order valence-corrected chi connectivity index (χ4v) is 2.42. The Kier molecular flexibility index (Phi) is 4.74. The van der Waals surface area contributed by atoms with Gasteiger partial charge < -0.3 is 0 Å². The van der Waals surface area contributed by atoms with E-state index < -0.39 is 0 Å². The molecule has 1 fully saturated rings. The van der Waals surface area contributed by atoms with Crippen LogP contribution >= 0.6 is 0 Å². The molecule has 1 aliphatic carbocycles. The van der Waals surface area contributed by atoms with Crippen molar-refractivity contribution in [3.8, 4) is 0 Å². The second-order valence-electron chi connectivity index (χ2n) is 4.58. The van der Waals surface area contributed by atoms with E-state index in [1.54, 1.807) is 0 Å². The van der Waals surface area contributed by atoms with Crippen molar-refractivity contribution < 1.29 is 0 Å². The molecule has 1 rings (SSSR count). The Hall–Kier alpha value is -0.0800. The number of hydrazine groups is 1. The lowest BCUT2D eigenvalue weighted by molar-refractivity contribution is 0.221. The third kappa shape index (κ3) is 4.10. The van der Waals surface area contributed by atoms with Crippen LogP contribution in [0.25, 0.3) is 0 Å². The quantitative estimate of drug-likeness (QED) is 0.537. The number of rotatable bonds is 4. The lowest BCUT2D eigenvalue weighted by Crippen LogP contribution is -2.29. The first kappa shape index (κ1) is 11.0. The lowest BCUT2D eigenvalue weighted by Gasteiger charge is -2.29. The number of hydrogen-bond acceptors (Lipinski definition) is 2. The van der Waals surface area contributed by atoms with Gasteiger partial charge in [0.25, 0.3) is 0 Å². The van der Waals surface area contributed by atoms with Crippen molar-refractivity contribution in [1.29, 1.82) is 0 Å². The Morgan fingerprint density at radius 1 is 1.31 bits per heavy atom. The van der Waals surface area contributed by atoms with E-state index in [1.165, 1.54) is 38.5 Å². The van der Waals surface area contributed by atoms with Crippen molar-refractivity contribution in [2.75, 3.05) is 13.6 Å². The van der Waals surface area contributed by atoms with E-state index in [4.69, 9.17) is 5.84 Å². The summed E-state index contributed by atoms with van der Waals surface area (Å²) in [5, 5.41) is 1.82. The summed E-state index contributed by atoms with van der Waals surface area (Å²) in [6.07, 6.45) is 8.45. The molecular weight excluding hydrogens is 160 g/mol. The minimum absolute atomic E-state index is 0.949. The van der Waals surface area contributed by atoms with Gasteiger partial charge >= 0.3 is 0 Å². The fraction of sp³-hybridized carbons (Fsp3) is 1.00. The number of nitrogens with two attached hydrogens (primary N) is 1. The van der Waals surface area contributed by atoms with Crippen LogP contribution in [0.2, 0.25) is 0 Å². The minimum atomic E-state index is 0.949. The van der Waals surface area contributed by atoms with Gasteiger partial charge in [0.2, 0.25) is 0 Å². The van der Waals surface area contributed by atoms with E-state index in [0.29, 0.717) is 0 Å². The third-order valence-electron chi connectivity index (χ3n) is 3.36. The van der Waals surface area contributed by atoms with Crippen LogP contribution in [-0.2, 0) is 0 Å². The molecule has 0 saturated heterocycles. The van der Waals surface area contributed by atoms with E-state index >= 15 is 0 Å². The molecule has 2 atom stereocenters. The zero-order valence-electron chi connectivity index (χ0n) is 9.13. The van der Waals surface area contributed by atoms with Gasteiger partial charge in [0.05, 0.1) is 0 Å². The van der Waals surface area contributed by atoms with E-state index in [1.807, 2.05) is 12.1 Å². The van der Waals surface area contributed by atoms with Crippen molar-refractivity contribution in [3.05, 3.63) is 0 Å². The van der Waals surface area contributed by atoms with Crippen LogP contribution in [0.1, 0.15) is 45.4 Å². The Morgan fingerprint density at radius 3 is 2.62 bits per heavy atom. The first-order valence-electron chi connectivity index (χ1n) is 5.68. The topological polar surface area (TPSA) is 29.3 Å². The van der Waals surface area contributed by atoms with E-state index in [-0.39, 0.29) is 0 Å². The average molecular weight is 184 g/mol. The predicted molar refractivity (Wildman–Crippen MR) is 57.2 cm³/mol. The second kappa shape index (κ2) is 5.61. The van der Waals surface area contributed by atoms with E-state index in [9.17, 15) is 0 Å². The maximum Gasteiger partial charge on any atom is 0.0128 e. The Morgan fingerprint density at radius 2 is 2.00 bits per heavy atom. The molecule has 0 aromatic heterocycles. The molecule has 0 radical (unpaired) electrons. The van der Waals surface area contributed by atoms with Gasteiger partial charge in [0, 0.05) is 13.6 Å². The van der Waals surface area contributed by atoms with Crippen molar-refractivity contribution in [2.24, 2.45) is 17.7 Å². The SMILES string of the molecule is CC[C@H]1CCC[C@@H](CCN(C)N)C1. The molecule has 0 heterocycles. The highest BCUT2D eigenvalue weighted by atomic mass is 15.4. The van der Waals surface area contributed by atoms with Crippen molar-refractivity contribution >= 4 is 0 Å². The van der Waals surface area contributed by atoms with Gasteiger partial charge in [-0.25, -0.2) is 0 Å². The number of nitrogens with zero attached hydrogens (tertiary/aromatic N) is 1. The fourth-order valence-electron chi connectivity index (χ4n) is 2.42. The molecular formula is C11H24N2. The summed E-state index contributed by atoms with van der Waals surface area (Å²) < 4.78 is 0. The zero-order valence-corrected chi connectivity index (χ0v) is 9.13. The smallest absolute Gasteiger partial charge is 0.0128 e. The third-order valence-corrected chi connectivity index (χ3v) is 3.36. The maximum atomic E-state index is 5.61. The maximum absolute atomic E-state index is 5.61. The average Bonchev–Trinajstić information content (AvgIpc) is 2.15. The molecule has 0 unspecified atom stereocenters. The van der Waals surface area contributed by atoms with E-state index in [0.717, 1.165) is 18.4 Å². The highest BCUT2D eigenvalue weighted by Gasteiger charge is 2.20. The molecule has 0 aromatic rings. The van der Waals surface area contributed by atoms with Gasteiger partial charge in [-0.15, -0.1) is 0 Å². The molecule has 0 spiro atoms. The van der Waals surface area contributed by atoms with Crippen LogP contribution in [0, 0.1) is 11.8 Å². The molecule has 0 amide bonds. The molecule has 0 aromatic carbocycles. The van der Waals surface area contributed by atoms with Gasteiger partial charge in [0.1, 0.15) is 0 Å². The predicted octanol–water partition coefficient (Wildman–Crippen LogP) is 2.40. The van der Waals surface area contributed by atoms with Crippen molar-refractivity contribution in [2.45, 2.75) is 45.4 Å². The summed E-state index contributed by atoms with van der Waals surface area (Å²) in [5.74, 6) is 7.56. The summed E-state index contributed by atoms with van der Waals surface area (Å²) in [6.45, 7) is 3.38. The van der Waals surface area contributed by atoms with Crippen LogP contribution in [-0.4, -0.2) is 18.6 Å². The molecule has 1 aliphatic rings. The van der Waals surface area contributed by atoms with Crippen molar-refractivity contribution in [1.82, 2.24) is 5.01 Å². The number of hydrogen-bond donors (Lipinski definition) is 1. The van der Waals surface area contributed by atoms with Gasteiger partial charge in [-0.3, -0.25) is 10.9 Å². The van der Waals surface area contributed by atoms with Gasteiger partial charge in [-0.2, -0.15) is 0 Å². The van der Waals surface area contributed by atoms with Crippen LogP contribution in [0.4, 0.5) is 0 Å². The minimum Gasteiger partial charge on any atom is -0.269 e. The van der Waals surface area contributed by atoms with Crippen LogP contribution in [0.5, 0.6) is 0 Å². The van der Waals surface area contributed by atoms with Crippen LogP contribution in [0.3, 0.4) is 0 Å². The summed E-state index contributed by atoms with van der Waals surface area (Å²) >= 11 is 0. The molecule has 13 heavy (non-hydrogen) atoms. The normalized spacial score (nSPS) is 29.5. The largest absolute Gasteiger partial charge is 0.269 e. The highest BCUT2D eigenvalue weighted by molar-refractivity contribution is 4.72. The van der Waals surface area contributed by atoms with Gasteiger partial charge in [-0.05, 0) is 24.7 Å². The second-order valence-corrected chi connectivity index (χ2v) is 4.58. The van der Waals surface area contributed by atoms with Gasteiger partial charge in [-0.1, -0.05) is 32.6 Å². The van der Waals surface area contributed by atoms with Crippen molar-refractivity contribution in [3.63, 3.8) is 0 Å². The molecule has 0 bridgehead atoms. The summed E-state index contributed by atoms with van der Waals surface area (Å²) in [4.78, 5) is 0. The Bertz CT molecular complexity index is 134. The Balaban J connectivity index is 2.18. The molecule has 78 valence electrons. The molecule has 2 N–H and O–H groups in total. The summed E-state index contributed by atoms with van der Waals surface area (Å²) in [5.41, 5.74) is 0. The molecule has 0 aliphatic heterocycles. The first-order valence-corrected chi connectivity index (χ1v) is 5.68. The highest BCUT2D eigenvalue weighted by Crippen LogP contribution is 2.32. The van der Waals surface area contributed by atoms with Crippen LogP contribution in [0.15, 0.2) is 0 Å². The lowest BCUT2D eigenvalue weighted by atomic mass is 9.79. The van der Waals surface area contributed by atoms with Gasteiger partial charge in [0.15, 0.2) is 0 Å². The zero-order chi connectivity index (χ0) is 9.68. The molecule has 1 saturated carbocycles. The van der Waals surface area contributed by atoms with Crippen LogP contribution < -0.4 is 5.84 Å².